The van der Waals surface area contributed by atoms with Gasteiger partial charge in [0.15, 0.2) is 0 Å². The van der Waals surface area contributed by atoms with Crippen LogP contribution in [-0.2, 0) is 6.54 Å². The fourth-order valence-electron chi connectivity index (χ4n) is 2.33. The van der Waals surface area contributed by atoms with Gasteiger partial charge in [0.2, 0.25) is 0 Å². The molecule has 1 aromatic heterocycles. The summed E-state index contributed by atoms with van der Waals surface area (Å²) in [6.07, 6.45) is 5.44. The molecular weight excluding hydrogens is 206 g/mol. The molecule has 4 heteroatoms. The average Bonchev–Trinajstić information content (AvgIpc) is 2.76. The van der Waals surface area contributed by atoms with E-state index in [2.05, 4.69) is 26.6 Å². The number of thioether (sulfide) groups is 1. The van der Waals surface area contributed by atoms with Gasteiger partial charge in [-0.05, 0) is 23.8 Å². The van der Waals surface area contributed by atoms with E-state index in [4.69, 9.17) is 0 Å². The number of hydrogen-bond donors (Lipinski definition) is 1. The SMILES string of the molecule is c1ncn(CC2CCSC2)c1C1CNC1. The number of aromatic nitrogens is 2. The molecule has 15 heavy (non-hydrogen) atoms. The third kappa shape index (κ3) is 1.93. The first-order valence-corrected chi connectivity index (χ1v) is 6.87. The van der Waals surface area contributed by atoms with Crippen molar-refractivity contribution in [1.82, 2.24) is 14.9 Å². The molecule has 2 aliphatic heterocycles. The monoisotopic (exact) mass is 223 g/mol. The van der Waals surface area contributed by atoms with Crippen LogP contribution in [0.4, 0.5) is 0 Å². The van der Waals surface area contributed by atoms with E-state index in [1.807, 2.05) is 12.5 Å². The van der Waals surface area contributed by atoms with Crippen LogP contribution in [-0.4, -0.2) is 34.1 Å². The Balaban J connectivity index is 1.70. The van der Waals surface area contributed by atoms with Gasteiger partial charge in [0, 0.05) is 37.4 Å². The van der Waals surface area contributed by atoms with Crippen molar-refractivity contribution in [2.45, 2.75) is 18.9 Å². The molecule has 1 N–H and O–H groups in total. The van der Waals surface area contributed by atoms with Crippen LogP contribution >= 0.6 is 11.8 Å². The molecule has 1 aromatic rings. The van der Waals surface area contributed by atoms with Gasteiger partial charge in [-0.1, -0.05) is 0 Å². The molecule has 0 aliphatic carbocycles. The van der Waals surface area contributed by atoms with E-state index < -0.39 is 0 Å². The van der Waals surface area contributed by atoms with Crippen molar-refractivity contribution in [2.75, 3.05) is 24.6 Å². The third-order valence-corrected chi connectivity index (χ3v) is 4.65. The molecule has 2 fully saturated rings. The van der Waals surface area contributed by atoms with Crippen LogP contribution in [0, 0.1) is 5.92 Å². The van der Waals surface area contributed by atoms with Crippen molar-refractivity contribution < 1.29 is 0 Å². The van der Waals surface area contributed by atoms with E-state index in [9.17, 15) is 0 Å². The fraction of sp³-hybridized carbons (Fsp3) is 0.727. The van der Waals surface area contributed by atoms with Crippen LogP contribution < -0.4 is 5.32 Å². The maximum absolute atomic E-state index is 4.30. The molecule has 0 radical (unpaired) electrons. The van der Waals surface area contributed by atoms with Crippen LogP contribution in [0.3, 0.4) is 0 Å². The summed E-state index contributed by atoms with van der Waals surface area (Å²) < 4.78 is 2.38. The van der Waals surface area contributed by atoms with Gasteiger partial charge in [0.1, 0.15) is 0 Å². The summed E-state index contributed by atoms with van der Waals surface area (Å²) in [7, 11) is 0. The van der Waals surface area contributed by atoms with Crippen molar-refractivity contribution in [3.05, 3.63) is 18.2 Å². The largest absolute Gasteiger partial charge is 0.334 e. The molecule has 0 aromatic carbocycles. The Bertz CT molecular complexity index is 326. The second-order valence-electron chi connectivity index (χ2n) is 4.56. The smallest absolute Gasteiger partial charge is 0.0948 e. The van der Waals surface area contributed by atoms with Crippen molar-refractivity contribution in [1.29, 1.82) is 0 Å². The summed E-state index contributed by atoms with van der Waals surface area (Å²) in [6.45, 7) is 3.44. The van der Waals surface area contributed by atoms with E-state index in [1.54, 1.807) is 0 Å². The van der Waals surface area contributed by atoms with Crippen molar-refractivity contribution in [2.24, 2.45) is 5.92 Å². The van der Waals surface area contributed by atoms with Gasteiger partial charge in [-0.2, -0.15) is 11.8 Å². The molecule has 1 unspecified atom stereocenters. The van der Waals surface area contributed by atoms with Crippen LogP contribution in [0.25, 0.3) is 0 Å². The molecule has 3 heterocycles. The predicted molar refractivity (Wildman–Crippen MR) is 63.3 cm³/mol. The lowest BCUT2D eigenvalue weighted by molar-refractivity contribution is 0.404. The molecule has 0 bridgehead atoms. The number of imidazole rings is 1. The van der Waals surface area contributed by atoms with Gasteiger partial charge in [0.25, 0.3) is 0 Å². The Kier molecular flexibility index (Phi) is 2.71. The van der Waals surface area contributed by atoms with Gasteiger partial charge in [-0.3, -0.25) is 0 Å². The highest BCUT2D eigenvalue weighted by molar-refractivity contribution is 7.99. The molecule has 0 saturated carbocycles. The van der Waals surface area contributed by atoms with Crippen molar-refractivity contribution in [3.63, 3.8) is 0 Å². The Morgan fingerprint density at radius 2 is 2.47 bits per heavy atom. The van der Waals surface area contributed by atoms with E-state index in [0.717, 1.165) is 19.0 Å². The first-order valence-electron chi connectivity index (χ1n) is 5.72. The van der Waals surface area contributed by atoms with Gasteiger partial charge >= 0.3 is 0 Å². The number of nitrogens with zero attached hydrogens (tertiary/aromatic N) is 2. The highest BCUT2D eigenvalue weighted by Gasteiger charge is 2.24. The predicted octanol–water partition coefficient (Wildman–Crippen LogP) is 1.32. The average molecular weight is 223 g/mol. The number of nitrogens with one attached hydrogen (secondary N) is 1. The summed E-state index contributed by atoms with van der Waals surface area (Å²) in [5.74, 6) is 4.26. The number of hydrogen-bond acceptors (Lipinski definition) is 3. The normalized spacial score (nSPS) is 26.8. The zero-order valence-corrected chi connectivity index (χ0v) is 9.67. The lowest BCUT2D eigenvalue weighted by Gasteiger charge is -2.28. The molecule has 2 saturated heterocycles. The minimum atomic E-state index is 0.710. The Labute approximate surface area is 94.7 Å². The quantitative estimate of drug-likeness (QED) is 0.838. The van der Waals surface area contributed by atoms with Crippen LogP contribution in [0.2, 0.25) is 0 Å². The highest BCUT2D eigenvalue weighted by atomic mass is 32.2. The summed E-state index contributed by atoms with van der Waals surface area (Å²) in [5.41, 5.74) is 1.44. The molecular formula is C11H17N3S. The molecule has 2 aliphatic rings. The molecule has 0 spiro atoms. The summed E-state index contributed by atoms with van der Waals surface area (Å²) in [6, 6.07) is 0. The van der Waals surface area contributed by atoms with Crippen LogP contribution in [0.15, 0.2) is 12.5 Å². The standard InChI is InChI=1S/C11H17N3S/c1-2-15-7-9(1)6-14-8-13-5-11(14)10-3-12-4-10/h5,8-10,12H,1-4,6-7H2. The van der Waals surface area contributed by atoms with Crippen molar-refractivity contribution >= 4 is 11.8 Å². The minimum Gasteiger partial charge on any atom is -0.334 e. The molecule has 82 valence electrons. The van der Waals surface area contributed by atoms with Crippen molar-refractivity contribution in [3.8, 4) is 0 Å². The number of rotatable bonds is 3. The Hall–Kier alpha value is -0.480. The van der Waals surface area contributed by atoms with E-state index >= 15 is 0 Å². The Morgan fingerprint density at radius 1 is 1.53 bits per heavy atom. The summed E-state index contributed by atoms with van der Waals surface area (Å²) in [5, 5.41) is 3.33. The summed E-state index contributed by atoms with van der Waals surface area (Å²) >= 11 is 2.09. The second-order valence-corrected chi connectivity index (χ2v) is 5.71. The Morgan fingerprint density at radius 3 is 3.13 bits per heavy atom. The van der Waals surface area contributed by atoms with Crippen LogP contribution in [0.1, 0.15) is 18.0 Å². The highest BCUT2D eigenvalue weighted by Crippen LogP contribution is 2.27. The third-order valence-electron chi connectivity index (χ3n) is 3.42. The van der Waals surface area contributed by atoms with Gasteiger partial charge in [-0.25, -0.2) is 4.98 Å². The van der Waals surface area contributed by atoms with Gasteiger partial charge in [-0.15, -0.1) is 0 Å². The van der Waals surface area contributed by atoms with E-state index in [-0.39, 0.29) is 0 Å². The first kappa shape index (κ1) is 9.73. The molecule has 3 nitrogen and oxygen atoms in total. The maximum Gasteiger partial charge on any atom is 0.0948 e. The van der Waals surface area contributed by atoms with E-state index in [1.165, 1.54) is 30.2 Å². The first-order chi connectivity index (χ1) is 7.43. The topological polar surface area (TPSA) is 29.9 Å². The van der Waals surface area contributed by atoms with Crippen LogP contribution in [0.5, 0.6) is 0 Å². The maximum atomic E-state index is 4.30. The zero-order valence-electron chi connectivity index (χ0n) is 8.85. The summed E-state index contributed by atoms with van der Waals surface area (Å²) in [4.78, 5) is 4.30. The second kappa shape index (κ2) is 4.18. The van der Waals surface area contributed by atoms with E-state index in [0.29, 0.717) is 5.92 Å². The molecule has 0 amide bonds. The molecule has 1 atom stereocenters. The van der Waals surface area contributed by atoms with Gasteiger partial charge < -0.3 is 9.88 Å². The fourth-order valence-corrected chi connectivity index (χ4v) is 3.60. The van der Waals surface area contributed by atoms with Gasteiger partial charge in [0.05, 0.1) is 6.33 Å². The zero-order chi connectivity index (χ0) is 10.1. The lowest BCUT2D eigenvalue weighted by atomic mass is 9.99. The minimum absolute atomic E-state index is 0.710. The lowest BCUT2D eigenvalue weighted by Crippen LogP contribution is -2.41. The molecule has 3 rings (SSSR count).